The van der Waals surface area contributed by atoms with Gasteiger partial charge in [-0.05, 0) is 36.6 Å². The molecule has 0 unspecified atom stereocenters. The van der Waals surface area contributed by atoms with Crippen LogP contribution in [-0.4, -0.2) is 16.3 Å². The van der Waals surface area contributed by atoms with Gasteiger partial charge in [0, 0.05) is 6.20 Å². The summed E-state index contributed by atoms with van der Waals surface area (Å²) in [5.41, 5.74) is 9.33. The van der Waals surface area contributed by atoms with Crippen LogP contribution in [0.1, 0.15) is 16.7 Å². The van der Waals surface area contributed by atoms with Crippen molar-refractivity contribution in [1.82, 2.24) is 9.78 Å². The van der Waals surface area contributed by atoms with Crippen LogP contribution in [-0.2, 0) is 13.0 Å². The fourth-order valence-corrected chi connectivity index (χ4v) is 1.75. The Morgan fingerprint density at radius 1 is 1.31 bits per heavy atom. The fourth-order valence-electron chi connectivity index (χ4n) is 1.75. The van der Waals surface area contributed by atoms with E-state index < -0.39 is 0 Å². The van der Waals surface area contributed by atoms with Gasteiger partial charge >= 0.3 is 0 Å². The number of nitrogens with two attached hydrogens (primary N) is 1. The van der Waals surface area contributed by atoms with Crippen LogP contribution in [0.5, 0.6) is 0 Å². The third-order valence-corrected chi connectivity index (χ3v) is 2.71. The van der Waals surface area contributed by atoms with Gasteiger partial charge < -0.3 is 5.73 Å². The van der Waals surface area contributed by atoms with Crippen LogP contribution >= 0.6 is 0 Å². The molecule has 0 radical (unpaired) electrons. The number of aryl methyl sites for hydroxylation is 1. The Morgan fingerprint density at radius 2 is 2.12 bits per heavy atom. The van der Waals surface area contributed by atoms with Crippen LogP contribution in [0.4, 0.5) is 0 Å². The van der Waals surface area contributed by atoms with E-state index in [4.69, 9.17) is 5.73 Å². The van der Waals surface area contributed by atoms with E-state index >= 15 is 0 Å². The lowest BCUT2D eigenvalue weighted by molar-refractivity contribution is 0.683. The molecule has 0 aliphatic heterocycles. The van der Waals surface area contributed by atoms with E-state index in [1.807, 2.05) is 10.9 Å². The lowest BCUT2D eigenvalue weighted by Crippen LogP contribution is -2.03. The molecule has 3 nitrogen and oxygen atoms in total. The monoisotopic (exact) mass is 215 g/mol. The van der Waals surface area contributed by atoms with Gasteiger partial charge in [0.25, 0.3) is 0 Å². The molecule has 16 heavy (non-hydrogen) atoms. The largest absolute Gasteiger partial charge is 0.330 e. The third-order valence-electron chi connectivity index (χ3n) is 2.71. The van der Waals surface area contributed by atoms with Gasteiger partial charge in [0.05, 0.1) is 12.7 Å². The van der Waals surface area contributed by atoms with E-state index in [-0.39, 0.29) is 0 Å². The van der Waals surface area contributed by atoms with Crippen molar-refractivity contribution in [2.45, 2.75) is 19.9 Å². The topological polar surface area (TPSA) is 43.8 Å². The SMILES string of the molecule is Cc1ccccc1Cn1cc(CCN)cn1. The van der Waals surface area contributed by atoms with Crippen molar-refractivity contribution in [2.24, 2.45) is 5.73 Å². The Hall–Kier alpha value is -1.61. The summed E-state index contributed by atoms with van der Waals surface area (Å²) in [6.07, 6.45) is 4.86. The van der Waals surface area contributed by atoms with Gasteiger partial charge in [-0.3, -0.25) is 4.68 Å². The molecule has 0 bridgehead atoms. The highest BCUT2D eigenvalue weighted by Crippen LogP contribution is 2.09. The molecular formula is C13H17N3. The molecule has 84 valence electrons. The normalized spacial score (nSPS) is 10.6. The highest BCUT2D eigenvalue weighted by molar-refractivity contribution is 5.25. The second-order valence-electron chi connectivity index (χ2n) is 4.01. The summed E-state index contributed by atoms with van der Waals surface area (Å²) in [5, 5.41) is 4.33. The predicted molar refractivity (Wildman–Crippen MR) is 65.3 cm³/mol. The van der Waals surface area contributed by atoms with E-state index in [9.17, 15) is 0 Å². The second kappa shape index (κ2) is 4.94. The zero-order valence-corrected chi connectivity index (χ0v) is 9.56. The highest BCUT2D eigenvalue weighted by Gasteiger charge is 2.01. The summed E-state index contributed by atoms with van der Waals surface area (Å²) >= 11 is 0. The van der Waals surface area contributed by atoms with Crippen LogP contribution < -0.4 is 5.73 Å². The molecule has 0 amide bonds. The Balaban J connectivity index is 2.11. The van der Waals surface area contributed by atoms with E-state index in [1.54, 1.807) is 0 Å². The molecule has 0 fully saturated rings. The van der Waals surface area contributed by atoms with Crippen molar-refractivity contribution in [2.75, 3.05) is 6.54 Å². The predicted octanol–water partition coefficient (Wildman–Crippen LogP) is 1.74. The van der Waals surface area contributed by atoms with E-state index in [0.717, 1.165) is 13.0 Å². The minimum absolute atomic E-state index is 0.677. The standard InChI is InChI=1S/C13H17N3/c1-11-4-2-3-5-13(11)10-16-9-12(6-7-14)8-15-16/h2-5,8-9H,6-7,10,14H2,1H3. The van der Waals surface area contributed by atoms with E-state index in [2.05, 4.69) is 42.5 Å². The van der Waals surface area contributed by atoms with Crippen molar-refractivity contribution in [3.05, 3.63) is 53.3 Å². The highest BCUT2D eigenvalue weighted by atomic mass is 15.3. The second-order valence-corrected chi connectivity index (χ2v) is 4.01. The van der Waals surface area contributed by atoms with Crippen LogP contribution in [0.2, 0.25) is 0 Å². The minimum Gasteiger partial charge on any atom is -0.330 e. The zero-order valence-electron chi connectivity index (χ0n) is 9.56. The molecule has 2 aromatic rings. The van der Waals surface area contributed by atoms with Gasteiger partial charge in [0.1, 0.15) is 0 Å². The first-order chi connectivity index (χ1) is 7.79. The molecule has 0 atom stereocenters. The van der Waals surface area contributed by atoms with Crippen LogP contribution in [0.3, 0.4) is 0 Å². The first kappa shape index (κ1) is 10.9. The maximum absolute atomic E-state index is 5.51. The van der Waals surface area contributed by atoms with Gasteiger partial charge in [0.2, 0.25) is 0 Å². The van der Waals surface area contributed by atoms with Crippen molar-refractivity contribution >= 4 is 0 Å². The number of nitrogens with zero attached hydrogens (tertiary/aromatic N) is 2. The fraction of sp³-hybridized carbons (Fsp3) is 0.308. The molecule has 0 saturated heterocycles. The summed E-state index contributed by atoms with van der Waals surface area (Å²) in [6, 6.07) is 8.38. The van der Waals surface area contributed by atoms with Crippen molar-refractivity contribution < 1.29 is 0 Å². The maximum Gasteiger partial charge on any atom is 0.0662 e. The number of benzene rings is 1. The molecule has 2 rings (SSSR count). The summed E-state index contributed by atoms with van der Waals surface area (Å²) in [6.45, 7) is 3.63. The molecule has 0 aliphatic carbocycles. The van der Waals surface area contributed by atoms with Gasteiger partial charge in [-0.25, -0.2) is 0 Å². The Bertz CT molecular complexity index is 460. The maximum atomic E-state index is 5.51. The van der Waals surface area contributed by atoms with Gasteiger partial charge in [0.15, 0.2) is 0 Å². The number of hydrogen-bond donors (Lipinski definition) is 1. The van der Waals surface area contributed by atoms with Crippen LogP contribution in [0, 0.1) is 6.92 Å². The van der Waals surface area contributed by atoms with Crippen molar-refractivity contribution in [3.63, 3.8) is 0 Å². The average molecular weight is 215 g/mol. The summed E-state index contributed by atoms with van der Waals surface area (Å²) in [7, 11) is 0. The summed E-state index contributed by atoms with van der Waals surface area (Å²) < 4.78 is 1.97. The zero-order chi connectivity index (χ0) is 11.4. The number of aromatic nitrogens is 2. The minimum atomic E-state index is 0.677. The van der Waals surface area contributed by atoms with Crippen molar-refractivity contribution in [1.29, 1.82) is 0 Å². The lowest BCUT2D eigenvalue weighted by Gasteiger charge is -2.05. The Morgan fingerprint density at radius 3 is 2.88 bits per heavy atom. The molecule has 1 aromatic heterocycles. The molecule has 2 N–H and O–H groups in total. The van der Waals surface area contributed by atoms with E-state index in [1.165, 1.54) is 16.7 Å². The smallest absolute Gasteiger partial charge is 0.0662 e. The first-order valence-corrected chi connectivity index (χ1v) is 5.55. The molecule has 1 aromatic carbocycles. The molecule has 0 saturated carbocycles. The molecular weight excluding hydrogens is 198 g/mol. The lowest BCUT2D eigenvalue weighted by atomic mass is 10.1. The van der Waals surface area contributed by atoms with Gasteiger partial charge in [-0.2, -0.15) is 5.10 Å². The number of hydrogen-bond acceptors (Lipinski definition) is 2. The molecule has 3 heteroatoms. The average Bonchev–Trinajstić information content (AvgIpc) is 2.70. The quantitative estimate of drug-likeness (QED) is 0.844. The van der Waals surface area contributed by atoms with E-state index in [0.29, 0.717) is 6.54 Å². The Labute approximate surface area is 95.9 Å². The molecule has 0 aliphatic rings. The Kier molecular flexibility index (Phi) is 3.37. The van der Waals surface area contributed by atoms with Gasteiger partial charge in [-0.15, -0.1) is 0 Å². The summed E-state index contributed by atoms with van der Waals surface area (Å²) in [4.78, 5) is 0. The molecule has 1 heterocycles. The summed E-state index contributed by atoms with van der Waals surface area (Å²) in [5.74, 6) is 0. The molecule has 0 spiro atoms. The van der Waals surface area contributed by atoms with Crippen molar-refractivity contribution in [3.8, 4) is 0 Å². The number of rotatable bonds is 4. The van der Waals surface area contributed by atoms with Crippen LogP contribution in [0.25, 0.3) is 0 Å². The first-order valence-electron chi connectivity index (χ1n) is 5.55. The van der Waals surface area contributed by atoms with Crippen LogP contribution in [0.15, 0.2) is 36.7 Å². The van der Waals surface area contributed by atoms with Gasteiger partial charge in [-0.1, -0.05) is 24.3 Å². The third kappa shape index (κ3) is 2.49.